The number of nitrogens with zero attached hydrogens (tertiary/aromatic N) is 2. The van der Waals surface area contributed by atoms with Crippen molar-refractivity contribution in [2.45, 2.75) is 11.1 Å². The molecule has 9 nitrogen and oxygen atoms in total. The number of carboxylic acid groups (broad SMARTS) is 1. The van der Waals surface area contributed by atoms with Crippen molar-refractivity contribution in [2.75, 3.05) is 5.75 Å². The van der Waals surface area contributed by atoms with Gasteiger partial charge in [-0.05, 0) is 0 Å². The van der Waals surface area contributed by atoms with Crippen molar-refractivity contribution in [2.24, 2.45) is 0 Å². The highest BCUT2D eigenvalue weighted by molar-refractivity contribution is 7.86. The molecule has 1 atom stereocenters. The Bertz CT molecular complexity index is 653. The van der Waals surface area contributed by atoms with Crippen molar-refractivity contribution in [3.8, 4) is 0 Å². The maximum absolute atomic E-state index is 12.6. The minimum atomic E-state index is -5.11. The van der Waals surface area contributed by atoms with Gasteiger partial charge < -0.3 is 5.11 Å². The van der Waals surface area contributed by atoms with Gasteiger partial charge in [0.2, 0.25) is 0 Å². The molecule has 0 aliphatic carbocycles. The Morgan fingerprint density at radius 2 is 1.59 bits per heavy atom. The van der Waals surface area contributed by atoms with Crippen LogP contribution in [0.5, 0.6) is 0 Å². The predicted molar refractivity (Wildman–Crippen MR) is 63.7 cm³/mol. The first kappa shape index (κ1) is 17.5. The van der Waals surface area contributed by atoms with Crippen LogP contribution >= 0.6 is 0 Å². The molecule has 1 aromatic rings. The number of rotatable bonds is 5. The van der Waals surface area contributed by atoms with Crippen molar-refractivity contribution in [3.05, 3.63) is 37.9 Å². The molecule has 0 spiro atoms. The fourth-order valence-corrected chi connectivity index (χ4v) is 2.55. The van der Waals surface area contributed by atoms with Gasteiger partial charge in [-0.25, -0.2) is 0 Å². The van der Waals surface area contributed by atoms with Gasteiger partial charge in [0, 0.05) is 12.1 Å². The number of nitro groups is 2. The van der Waals surface area contributed by atoms with Gasteiger partial charge in [-0.2, -0.15) is 13.2 Å². The number of nitro benzene ring substituents is 2. The molecule has 0 fully saturated rings. The molecule has 13 heteroatoms. The van der Waals surface area contributed by atoms with E-state index in [0.717, 1.165) is 0 Å². The largest absolute Gasteiger partial charge is 0.481 e. The van der Waals surface area contributed by atoms with Crippen LogP contribution in [-0.4, -0.2) is 30.9 Å². The van der Waals surface area contributed by atoms with E-state index >= 15 is 0 Å². The molecule has 0 radical (unpaired) electrons. The average molecular weight is 342 g/mol. The summed E-state index contributed by atoms with van der Waals surface area (Å²) in [5, 5.41) is 30.1. The maximum atomic E-state index is 12.6. The highest BCUT2D eigenvalue weighted by atomic mass is 32.2. The van der Waals surface area contributed by atoms with Gasteiger partial charge in [-0.3, -0.25) is 29.2 Å². The lowest BCUT2D eigenvalue weighted by Crippen LogP contribution is -2.14. The van der Waals surface area contributed by atoms with Crippen LogP contribution in [0.4, 0.5) is 24.5 Å². The van der Waals surface area contributed by atoms with Crippen molar-refractivity contribution in [1.82, 2.24) is 0 Å². The Morgan fingerprint density at radius 3 is 1.86 bits per heavy atom. The number of hydrogen-bond donors (Lipinski definition) is 1. The molecular formula is C9H5F3N2O7S. The van der Waals surface area contributed by atoms with Gasteiger partial charge in [0.1, 0.15) is 5.75 Å². The van der Waals surface area contributed by atoms with E-state index in [9.17, 15) is 42.4 Å². The molecule has 0 saturated heterocycles. The van der Waals surface area contributed by atoms with Crippen LogP contribution in [0.3, 0.4) is 0 Å². The third-order valence-electron chi connectivity index (χ3n) is 2.25. The predicted octanol–water partition coefficient (Wildman–Crippen LogP) is 1.71. The summed E-state index contributed by atoms with van der Waals surface area (Å²) in [6, 6.07) is -0.0514. The van der Waals surface area contributed by atoms with Crippen LogP contribution in [-0.2, 0) is 21.8 Å². The molecule has 1 aromatic carbocycles. The Morgan fingerprint density at radius 1 is 1.18 bits per heavy atom. The van der Waals surface area contributed by atoms with Gasteiger partial charge >= 0.3 is 12.1 Å². The number of benzene rings is 1. The standard InChI is InChI=1S/C9H5F3N2O7S/c10-9(11,12)4-1-5(13(17)18)8(6(2-4)14(19)20)22(21)3-7(15)16/h1-2H,3H2,(H,15,16)/t22-/m0/s1. The Balaban J connectivity index is 3.72. The summed E-state index contributed by atoms with van der Waals surface area (Å²) >= 11 is 0. The van der Waals surface area contributed by atoms with E-state index in [1.54, 1.807) is 0 Å². The first-order valence-electron chi connectivity index (χ1n) is 5.09. The third-order valence-corrected chi connectivity index (χ3v) is 3.64. The second-order valence-corrected chi connectivity index (χ2v) is 5.13. The molecule has 1 N–H and O–H groups in total. The molecule has 0 unspecified atom stereocenters. The zero-order valence-corrected chi connectivity index (χ0v) is 11.0. The topological polar surface area (TPSA) is 141 Å². The quantitative estimate of drug-likeness (QED) is 0.634. The van der Waals surface area contributed by atoms with Crippen LogP contribution in [0.2, 0.25) is 0 Å². The molecule has 0 aromatic heterocycles. The average Bonchev–Trinajstić information content (AvgIpc) is 2.34. The summed E-state index contributed by atoms with van der Waals surface area (Å²) in [7, 11) is -2.76. The molecule has 0 aliphatic rings. The molecule has 1 rings (SSSR count). The van der Waals surface area contributed by atoms with Crippen molar-refractivity contribution >= 4 is 28.1 Å². The van der Waals surface area contributed by atoms with E-state index in [2.05, 4.69) is 0 Å². The van der Waals surface area contributed by atoms with Gasteiger partial charge in [0.15, 0.2) is 4.90 Å². The molecular weight excluding hydrogens is 337 g/mol. The molecule has 0 bridgehead atoms. The van der Waals surface area contributed by atoms with E-state index in [4.69, 9.17) is 5.11 Å². The Hall–Kier alpha value is -2.57. The van der Waals surface area contributed by atoms with E-state index in [0.29, 0.717) is 0 Å². The number of halogens is 3. The fraction of sp³-hybridized carbons (Fsp3) is 0.222. The van der Waals surface area contributed by atoms with E-state index in [-0.39, 0.29) is 12.1 Å². The van der Waals surface area contributed by atoms with Crippen molar-refractivity contribution < 1.29 is 37.1 Å². The lowest BCUT2D eigenvalue weighted by molar-refractivity contribution is -0.400. The van der Waals surface area contributed by atoms with Crippen LogP contribution < -0.4 is 0 Å². The third kappa shape index (κ3) is 3.75. The minimum Gasteiger partial charge on any atom is -0.481 e. The molecule has 120 valence electrons. The van der Waals surface area contributed by atoms with Gasteiger partial charge in [0.05, 0.1) is 26.2 Å². The van der Waals surface area contributed by atoms with Gasteiger partial charge in [-0.1, -0.05) is 0 Å². The monoisotopic (exact) mass is 342 g/mol. The first-order valence-corrected chi connectivity index (χ1v) is 6.41. The Labute approximate surface area is 121 Å². The lowest BCUT2D eigenvalue weighted by Gasteiger charge is -2.09. The fourth-order valence-electron chi connectivity index (χ4n) is 1.45. The van der Waals surface area contributed by atoms with E-state index in [1.807, 2.05) is 0 Å². The number of carboxylic acids is 1. The van der Waals surface area contributed by atoms with Gasteiger partial charge in [0.25, 0.3) is 11.4 Å². The molecule has 22 heavy (non-hydrogen) atoms. The van der Waals surface area contributed by atoms with Crippen LogP contribution in [0.15, 0.2) is 17.0 Å². The summed E-state index contributed by atoms with van der Waals surface area (Å²) in [5.74, 6) is -2.92. The highest BCUT2D eigenvalue weighted by Gasteiger charge is 2.39. The highest BCUT2D eigenvalue weighted by Crippen LogP contribution is 2.39. The van der Waals surface area contributed by atoms with Crippen molar-refractivity contribution in [1.29, 1.82) is 0 Å². The van der Waals surface area contributed by atoms with Crippen molar-refractivity contribution in [3.63, 3.8) is 0 Å². The van der Waals surface area contributed by atoms with Crippen LogP contribution in [0.1, 0.15) is 5.56 Å². The number of hydrogen-bond acceptors (Lipinski definition) is 6. The zero-order chi connectivity index (χ0) is 17.2. The summed E-state index contributed by atoms with van der Waals surface area (Å²) in [5.41, 5.74) is -4.54. The molecule has 0 heterocycles. The lowest BCUT2D eigenvalue weighted by atomic mass is 10.1. The number of carbonyl (C=O) groups is 1. The second kappa shape index (κ2) is 6.05. The maximum Gasteiger partial charge on any atom is 0.416 e. The van der Waals surface area contributed by atoms with Crippen LogP contribution in [0, 0.1) is 20.2 Å². The smallest absolute Gasteiger partial charge is 0.416 e. The minimum absolute atomic E-state index is 0.0257. The SMILES string of the molecule is O=C(O)C[S@](=O)c1c([N+](=O)[O-])cc(C(F)(F)F)cc1[N+](=O)[O-]. The summed E-state index contributed by atoms with van der Waals surface area (Å²) in [6.45, 7) is 0. The summed E-state index contributed by atoms with van der Waals surface area (Å²) in [6.07, 6.45) is -5.11. The van der Waals surface area contributed by atoms with E-state index < -0.39 is 60.4 Å². The molecule has 0 amide bonds. The zero-order valence-electron chi connectivity index (χ0n) is 10.2. The van der Waals surface area contributed by atoms with E-state index in [1.165, 1.54) is 0 Å². The summed E-state index contributed by atoms with van der Waals surface area (Å²) < 4.78 is 49.5. The number of aliphatic carboxylic acids is 1. The normalized spacial score (nSPS) is 12.7. The summed E-state index contributed by atoms with van der Waals surface area (Å²) in [4.78, 5) is 28.1. The van der Waals surface area contributed by atoms with Crippen LogP contribution in [0.25, 0.3) is 0 Å². The van der Waals surface area contributed by atoms with Gasteiger partial charge in [-0.15, -0.1) is 0 Å². The number of alkyl halides is 3. The first-order chi connectivity index (χ1) is 9.95. The Kier molecular flexibility index (Phi) is 4.80. The second-order valence-electron chi connectivity index (χ2n) is 3.74. The molecule has 0 aliphatic heterocycles. The molecule has 0 saturated carbocycles.